The third kappa shape index (κ3) is 3.65. The van der Waals surface area contributed by atoms with E-state index in [0.717, 1.165) is 45.2 Å². The lowest BCUT2D eigenvalue weighted by atomic mass is 10.3. The van der Waals surface area contributed by atoms with Crippen molar-refractivity contribution >= 4 is 5.95 Å². The first-order valence-corrected chi connectivity index (χ1v) is 7.59. The van der Waals surface area contributed by atoms with Crippen molar-refractivity contribution in [2.45, 2.75) is 0 Å². The van der Waals surface area contributed by atoms with Crippen LogP contribution in [-0.4, -0.2) is 85.2 Å². The van der Waals surface area contributed by atoms with E-state index in [0.29, 0.717) is 0 Å². The number of anilines is 1. The molecule has 0 atom stereocenters. The largest absolute Gasteiger partial charge is 0.338 e. The molecule has 1 aromatic heterocycles. The zero-order chi connectivity index (χ0) is 13.6. The highest BCUT2D eigenvalue weighted by Crippen LogP contribution is 2.09. The van der Waals surface area contributed by atoms with Crippen LogP contribution < -0.4 is 10.2 Å². The molecule has 1 aromatic rings. The van der Waals surface area contributed by atoms with Crippen LogP contribution in [0.4, 0.5) is 5.95 Å². The van der Waals surface area contributed by atoms with Gasteiger partial charge in [0, 0.05) is 77.8 Å². The van der Waals surface area contributed by atoms with E-state index in [1.165, 1.54) is 26.2 Å². The highest BCUT2D eigenvalue weighted by molar-refractivity contribution is 5.29. The van der Waals surface area contributed by atoms with Gasteiger partial charge in [-0.25, -0.2) is 9.97 Å². The van der Waals surface area contributed by atoms with Crippen LogP contribution in [-0.2, 0) is 0 Å². The maximum absolute atomic E-state index is 4.33. The van der Waals surface area contributed by atoms with Crippen molar-refractivity contribution in [2.24, 2.45) is 0 Å². The highest BCUT2D eigenvalue weighted by Gasteiger charge is 2.19. The van der Waals surface area contributed by atoms with Gasteiger partial charge in [0.15, 0.2) is 0 Å². The number of hydrogen-bond donors (Lipinski definition) is 1. The Bertz CT molecular complexity index is 384. The van der Waals surface area contributed by atoms with Gasteiger partial charge in [0.05, 0.1) is 0 Å². The molecule has 0 saturated carbocycles. The van der Waals surface area contributed by atoms with Crippen molar-refractivity contribution < 1.29 is 0 Å². The lowest BCUT2D eigenvalue weighted by molar-refractivity contribution is 0.183. The Morgan fingerprint density at radius 1 is 0.850 bits per heavy atom. The van der Waals surface area contributed by atoms with E-state index in [4.69, 9.17) is 0 Å². The molecule has 0 aliphatic carbocycles. The predicted octanol–water partition coefficient (Wildman–Crippen LogP) is -0.496. The molecular formula is C14H24N6. The Morgan fingerprint density at radius 2 is 1.45 bits per heavy atom. The Morgan fingerprint density at radius 3 is 2.10 bits per heavy atom. The second-order valence-electron chi connectivity index (χ2n) is 5.47. The molecule has 0 radical (unpaired) electrons. The fourth-order valence-electron chi connectivity index (χ4n) is 2.84. The minimum atomic E-state index is 0.870. The van der Waals surface area contributed by atoms with Gasteiger partial charge in [0.1, 0.15) is 0 Å². The Kier molecular flexibility index (Phi) is 4.78. The molecule has 0 amide bonds. The summed E-state index contributed by atoms with van der Waals surface area (Å²) in [5.41, 5.74) is 0. The monoisotopic (exact) mass is 276 g/mol. The Labute approximate surface area is 120 Å². The van der Waals surface area contributed by atoms with Crippen LogP contribution in [0.5, 0.6) is 0 Å². The minimum Gasteiger partial charge on any atom is -0.338 e. The van der Waals surface area contributed by atoms with Crippen molar-refractivity contribution in [1.29, 1.82) is 0 Å². The lowest BCUT2D eigenvalue weighted by Gasteiger charge is -2.36. The SMILES string of the molecule is c1cnc(N2CCN(CCN3CCNCC3)CC2)nc1. The van der Waals surface area contributed by atoms with Crippen molar-refractivity contribution in [2.75, 3.05) is 70.3 Å². The Hall–Kier alpha value is -1.24. The molecule has 2 saturated heterocycles. The lowest BCUT2D eigenvalue weighted by Crippen LogP contribution is -2.51. The molecule has 0 aromatic carbocycles. The second kappa shape index (κ2) is 6.97. The van der Waals surface area contributed by atoms with Crippen LogP contribution in [0.1, 0.15) is 0 Å². The van der Waals surface area contributed by atoms with Crippen LogP contribution in [0.3, 0.4) is 0 Å². The van der Waals surface area contributed by atoms with E-state index in [1.807, 2.05) is 18.5 Å². The summed E-state index contributed by atoms with van der Waals surface area (Å²) in [7, 11) is 0. The van der Waals surface area contributed by atoms with Gasteiger partial charge in [0.25, 0.3) is 0 Å². The summed E-state index contributed by atoms with van der Waals surface area (Å²) >= 11 is 0. The fourth-order valence-corrected chi connectivity index (χ4v) is 2.84. The van der Waals surface area contributed by atoms with Gasteiger partial charge < -0.3 is 10.2 Å². The number of aromatic nitrogens is 2. The van der Waals surface area contributed by atoms with E-state index >= 15 is 0 Å². The van der Waals surface area contributed by atoms with Gasteiger partial charge >= 0.3 is 0 Å². The molecule has 3 rings (SSSR count). The molecule has 2 aliphatic heterocycles. The maximum atomic E-state index is 4.33. The van der Waals surface area contributed by atoms with Crippen LogP contribution in [0.25, 0.3) is 0 Å². The summed E-state index contributed by atoms with van der Waals surface area (Å²) in [6.07, 6.45) is 3.64. The zero-order valence-corrected chi connectivity index (χ0v) is 12.0. The molecule has 6 nitrogen and oxygen atoms in total. The molecule has 0 bridgehead atoms. The molecule has 6 heteroatoms. The van der Waals surface area contributed by atoms with E-state index in [-0.39, 0.29) is 0 Å². The first-order valence-electron chi connectivity index (χ1n) is 7.59. The van der Waals surface area contributed by atoms with E-state index in [2.05, 4.69) is 30.0 Å². The summed E-state index contributed by atoms with van der Waals surface area (Å²) in [6.45, 7) is 11.3. The van der Waals surface area contributed by atoms with Gasteiger partial charge in [-0.05, 0) is 6.07 Å². The quantitative estimate of drug-likeness (QED) is 0.800. The van der Waals surface area contributed by atoms with Crippen LogP contribution in [0.15, 0.2) is 18.5 Å². The second-order valence-corrected chi connectivity index (χ2v) is 5.47. The number of hydrogen-bond acceptors (Lipinski definition) is 6. The first kappa shape index (κ1) is 13.7. The Balaban J connectivity index is 1.40. The highest BCUT2D eigenvalue weighted by atomic mass is 15.3. The average Bonchev–Trinajstić information content (AvgIpc) is 2.55. The maximum Gasteiger partial charge on any atom is 0.225 e. The number of piperazine rings is 2. The summed E-state index contributed by atoms with van der Waals surface area (Å²) < 4.78 is 0. The molecular weight excluding hydrogens is 252 g/mol. The van der Waals surface area contributed by atoms with E-state index < -0.39 is 0 Å². The minimum absolute atomic E-state index is 0.870. The molecule has 3 heterocycles. The topological polar surface area (TPSA) is 47.5 Å². The summed E-state index contributed by atoms with van der Waals surface area (Å²) in [5.74, 6) is 0.870. The molecule has 20 heavy (non-hydrogen) atoms. The van der Waals surface area contributed by atoms with Crippen molar-refractivity contribution in [1.82, 2.24) is 25.1 Å². The van der Waals surface area contributed by atoms with Crippen molar-refractivity contribution in [3.8, 4) is 0 Å². The third-order valence-electron chi connectivity index (χ3n) is 4.15. The molecule has 110 valence electrons. The predicted molar refractivity (Wildman–Crippen MR) is 80.0 cm³/mol. The number of nitrogens with zero attached hydrogens (tertiary/aromatic N) is 5. The van der Waals surface area contributed by atoms with Crippen LogP contribution in [0.2, 0.25) is 0 Å². The third-order valence-corrected chi connectivity index (χ3v) is 4.15. The van der Waals surface area contributed by atoms with Gasteiger partial charge in [-0.2, -0.15) is 0 Å². The summed E-state index contributed by atoms with van der Waals surface area (Å²) in [4.78, 5) is 16.1. The van der Waals surface area contributed by atoms with Gasteiger partial charge in [0.2, 0.25) is 5.95 Å². The number of nitrogens with one attached hydrogen (secondary N) is 1. The fraction of sp³-hybridized carbons (Fsp3) is 0.714. The molecule has 2 aliphatic rings. The first-order chi connectivity index (χ1) is 9.92. The standard InChI is InChI=1S/C14H24N6/c1-2-16-14(17-3-1)20-12-10-19(11-13-20)9-8-18-6-4-15-5-7-18/h1-3,15H,4-13H2. The molecule has 0 unspecified atom stereocenters. The van der Waals surface area contributed by atoms with Crippen LogP contribution in [0, 0.1) is 0 Å². The smallest absolute Gasteiger partial charge is 0.225 e. The van der Waals surface area contributed by atoms with Crippen molar-refractivity contribution in [3.05, 3.63) is 18.5 Å². The number of rotatable bonds is 4. The summed E-state index contributed by atoms with van der Waals surface area (Å²) in [5, 5.41) is 3.40. The molecule has 0 spiro atoms. The normalized spacial score (nSPS) is 22.1. The van der Waals surface area contributed by atoms with Gasteiger partial charge in [-0.1, -0.05) is 0 Å². The summed E-state index contributed by atoms with van der Waals surface area (Å²) in [6, 6.07) is 1.87. The van der Waals surface area contributed by atoms with E-state index in [9.17, 15) is 0 Å². The van der Waals surface area contributed by atoms with Crippen LogP contribution >= 0.6 is 0 Å². The van der Waals surface area contributed by atoms with Gasteiger partial charge in [-0.15, -0.1) is 0 Å². The van der Waals surface area contributed by atoms with Crippen molar-refractivity contribution in [3.63, 3.8) is 0 Å². The molecule has 2 fully saturated rings. The zero-order valence-electron chi connectivity index (χ0n) is 12.0. The van der Waals surface area contributed by atoms with E-state index in [1.54, 1.807) is 0 Å². The average molecular weight is 276 g/mol. The molecule has 1 N–H and O–H groups in total. The van der Waals surface area contributed by atoms with Gasteiger partial charge in [-0.3, -0.25) is 9.80 Å².